The summed E-state index contributed by atoms with van der Waals surface area (Å²) in [5, 5.41) is 3.02. The number of hydrogen-bond donors (Lipinski definition) is 1. The van der Waals surface area contributed by atoms with Crippen LogP contribution in [0.5, 0.6) is 11.5 Å². The van der Waals surface area contributed by atoms with Gasteiger partial charge in [-0.05, 0) is 61.9 Å². The lowest BCUT2D eigenvalue weighted by Gasteiger charge is -2.14. The fraction of sp³-hybridized carbons (Fsp3) is 0.148. The van der Waals surface area contributed by atoms with Gasteiger partial charge in [-0.3, -0.25) is 14.5 Å². The zero-order chi connectivity index (χ0) is 25.8. The molecule has 1 N–H and O–H groups in total. The number of carbonyl (C=O) groups excluding carboxylic acids is 2. The number of nitrogens with one attached hydrogen (secondary N) is 1. The van der Waals surface area contributed by atoms with Gasteiger partial charge < -0.3 is 14.8 Å². The number of thioether (sulfide) groups is 1. The van der Waals surface area contributed by atoms with Crippen LogP contribution in [0, 0.1) is 13.8 Å². The molecule has 2 amide bonds. The Bertz CT molecular complexity index is 1360. The predicted octanol–water partition coefficient (Wildman–Crippen LogP) is 6.39. The summed E-state index contributed by atoms with van der Waals surface area (Å²) in [6, 6.07) is 18.4. The molecule has 4 rings (SSSR count). The summed E-state index contributed by atoms with van der Waals surface area (Å²) in [6.45, 7) is 3.70. The van der Waals surface area contributed by atoms with Crippen LogP contribution in [0.25, 0.3) is 6.08 Å². The number of nitrogens with zero attached hydrogens (tertiary/aromatic N) is 1. The summed E-state index contributed by atoms with van der Waals surface area (Å²) in [6.07, 6.45) is 1.70. The average Bonchev–Trinajstić information content (AvgIpc) is 3.12. The quantitative estimate of drug-likeness (QED) is 0.278. The van der Waals surface area contributed by atoms with Gasteiger partial charge in [0.25, 0.3) is 11.8 Å². The minimum Gasteiger partial charge on any atom is -0.493 e. The number of ether oxygens (including phenoxy) is 2. The van der Waals surface area contributed by atoms with Crippen LogP contribution >= 0.6 is 35.6 Å². The van der Waals surface area contributed by atoms with Crippen molar-refractivity contribution in [2.45, 2.75) is 13.8 Å². The number of aryl methyl sites for hydroxylation is 2. The molecule has 1 aliphatic rings. The number of halogens is 1. The maximum atomic E-state index is 13.1. The second-order valence-electron chi connectivity index (χ2n) is 8.09. The van der Waals surface area contributed by atoms with Crippen LogP contribution in [0.2, 0.25) is 5.02 Å². The molecule has 3 aromatic carbocycles. The number of methoxy groups -OCH3 is 1. The molecular formula is C27H23ClN2O4S2. The molecule has 0 aromatic heterocycles. The molecular weight excluding hydrogens is 516 g/mol. The van der Waals surface area contributed by atoms with E-state index >= 15 is 0 Å². The number of anilines is 2. The van der Waals surface area contributed by atoms with E-state index in [2.05, 4.69) is 5.32 Å². The van der Waals surface area contributed by atoms with Crippen molar-refractivity contribution in [2.75, 3.05) is 23.9 Å². The minimum atomic E-state index is -0.333. The van der Waals surface area contributed by atoms with Crippen molar-refractivity contribution >= 4 is 69.2 Å². The summed E-state index contributed by atoms with van der Waals surface area (Å²) in [5.41, 5.74) is 4.22. The first-order valence-corrected chi connectivity index (χ1v) is 12.6. The van der Waals surface area contributed by atoms with Gasteiger partial charge in [-0.2, -0.15) is 0 Å². The zero-order valence-electron chi connectivity index (χ0n) is 19.8. The van der Waals surface area contributed by atoms with Gasteiger partial charge in [-0.25, -0.2) is 0 Å². The van der Waals surface area contributed by atoms with Gasteiger partial charge in [0.15, 0.2) is 22.4 Å². The highest BCUT2D eigenvalue weighted by atomic mass is 35.5. The number of rotatable bonds is 7. The molecule has 1 heterocycles. The van der Waals surface area contributed by atoms with Crippen molar-refractivity contribution < 1.29 is 19.1 Å². The predicted molar refractivity (Wildman–Crippen MR) is 150 cm³/mol. The van der Waals surface area contributed by atoms with E-state index in [-0.39, 0.29) is 29.2 Å². The van der Waals surface area contributed by atoms with Crippen molar-refractivity contribution in [3.63, 3.8) is 0 Å². The molecule has 0 bridgehead atoms. The van der Waals surface area contributed by atoms with Gasteiger partial charge in [0.1, 0.15) is 0 Å². The Morgan fingerprint density at radius 3 is 2.36 bits per heavy atom. The third-order valence-corrected chi connectivity index (χ3v) is 6.90. The average molecular weight is 539 g/mol. The van der Waals surface area contributed by atoms with Crippen LogP contribution in [-0.2, 0) is 9.59 Å². The van der Waals surface area contributed by atoms with Crippen molar-refractivity contribution in [1.29, 1.82) is 0 Å². The number of amides is 2. The van der Waals surface area contributed by atoms with Crippen LogP contribution in [0.3, 0.4) is 0 Å². The molecule has 0 saturated carbocycles. The van der Waals surface area contributed by atoms with E-state index in [0.29, 0.717) is 26.2 Å². The lowest BCUT2D eigenvalue weighted by molar-refractivity contribution is -0.118. The summed E-state index contributed by atoms with van der Waals surface area (Å²) >= 11 is 13.1. The number of hydrogen-bond acceptors (Lipinski definition) is 6. The third kappa shape index (κ3) is 5.90. The largest absolute Gasteiger partial charge is 0.493 e. The molecule has 0 unspecified atom stereocenters. The molecule has 1 aliphatic heterocycles. The monoisotopic (exact) mass is 538 g/mol. The van der Waals surface area contributed by atoms with Gasteiger partial charge >= 0.3 is 0 Å². The van der Waals surface area contributed by atoms with Gasteiger partial charge in [-0.15, -0.1) is 0 Å². The normalized spacial score (nSPS) is 14.3. The molecule has 184 valence electrons. The standard InChI is InChI=1S/C27H23ClN2O4S2/c1-16-4-8-19(9-5-16)29-24(31)15-34-25-21(28)12-18(13-22(25)33-3)14-23-26(32)30(27(35)36-23)20-10-6-17(2)7-11-20/h4-14H,15H2,1-3H3,(H,29,31)/b23-14-. The van der Waals surface area contributed by atoms with Crippen molar-refractivity contribution in [3.8, 4) is 11.5 Å². The highest BCUT2D eigenvalue weighted by Crippen LogP contribution is 2.40. The molecule has 6 nitrogen and oxygen atoms in total. The SMILES string of the molecule is COc1cc(/C=C2\SC(=S)N(c3ccc(C)cc3)C2=O)cc(Cl)c1OCC(=O)Nc1ccc(C)cc1. The maximum absolute atomic E-state index is 13.1. The third-order valence-electron chi connectivity index (χ3n) is 5.32. The molecule has 36 heavy (non-hydrogen) atoms. The topological polar surface area (TPSA) is 67.9 Å². The van der Waals surface area contributed by atoms with E-state index in [1.165, 1.54) is 23.8 Å². The van der Waals surface area contributed by atoms with Crippen LogP contribution in [-0.4, -0.2) is 29.9 Å². The molecule has 0 atom stereocenters. The maximum Gasteiger partial charge on any atom is 0.270 e. The Hall–Kier alpha value is -3.33. The van der Waals surface area contributed by atoms with Crippen LogP contribution in [0.15, 0.2) is 65.6 Å². The molecule has 0 aliphatic carbocycles. The number of thiocarbonyl (C=S) groups is 1. The summed E-state index contributed by atoms with van der Waals surface area (Å²) in [4.78, 5) is 27.4. The lowest BCUT2D eigenvalue weighted by Crippen LogP contribution is -2.27. The van der Waals surface area contributed by atoms with Gasteiger partial charge in [0.2, 0.25) is 0 Å². The van der Waals surface area contributed by atoms with Crippen LogP contribution in [0.1, 0.15) is 16.7 Å². The molecule has 3 aromatic rings. The van der Waals surface area contributed by atoms with E-state index in [1.54, 1.807) is 18.2 Å². The van der Waals surface area contributed by atoms with E-state index in [1.807, 2.05) is 62.4 Å². The van der Waals surface area contributed by atoms with Crippen LogP contribution < -0.4 is 19.7 Å². The highest BCUT2D eigenvalue weighted by molar-refractivity contribution is 8.27. The Kier molecular flexibility index (Phi) is 7.98. The lowest BCUT2D eigenvalue weighted by atomic mass is 10.1. The van der Waals surface area contributed by atoms with Crippen molar-refractivity contribution in [3.05, 3.63) is 87.3 Å². The molecule has 9 heteroatoms. The van der Waals surface area contributed by atoms with Gasteiger partial charge in [0, 0.05) is 5.69 Å². The first kappa shape index (κ1) is 25.8. The number of benzene rings is 3. The van der Waals surface area contributed by atoms with E-state index in [9.17, 15) is 9.59 Å². The Labute approximate surface area is 224 Å². The summed E-state index contributed by atoms with van der Waals surface area (Å²) < 4.78 is 11.6. The first-order valence-electron chi connectivity index (χ1n) is 11.0. The Morgan fingerprint density at radius 1 is 1.08 bits per heavy atom. The molecule has 0 radical (unpaired) electrons. The zero-order valence-corrected chi connectivity index (χ0v) is 22.2. The second-order valence-corrected chi connectivity index (χ2v) is 10.2. The minimum absolute atomic E-state index is 0.211. The first-order chi connectivity index (χ1) is 17.2. The molecule has 1 fully saturated rings. The fourth-order valence-corrected chi connectivity index (χ4v) is 5.04. The summed E-state index contributed by atoms with van der Waals surface area (Å²) in [7, 11) is 1.48. The van der Waals surface area contributed by atoms with Gasteiger partial charge in [0.05, 0.1) is 22.7 Å². The van der Waals surface area contributed by atoms with E-state index < -0.39 is 0 Å². The number of carbonyl (C=O) groups is 2. The second kappa shape index (κ2) is 11.2. The van der Waals surface area contributed by atoms with Crippen molar-refractivity contribution in [1.82, 2.24) is 0 Å². The Balaban J connectivity index is 1.49. The van der Waals surface area contributed by atoms with Crippen LogP contribution in [0.4, 0.5) is 11.4 Å². The van der Waals surface area contributed by atoms with E-state index in [4.69, 9.17) is 33.3 Å². The fourth-order valence-electron chi connectivity index (χ4n) is 3.47. The van der Waals surface area contributed by atoms with Crippen molar-refractivity contribution in [2.24, 2.45) is 0 Å². The Morgan fingerprint density at radius 2 is 1.72 bits per heavy atom. The highest BCUT2D eigenvalue weighted by Gasteiger charge is 2.33. The smallest absolute Gasteiger partial charge is 0.270 e. The molecule has 0 spiro atoms. The van der Waals surface area contributed by atoms with E-state index in [0.717, 1.165) is 16.8 Å². The van der Waals surface area contributed by atoms with Gasteiger partial charge in [-0.1, -0.05) is 71.0 Å². The molecule has 1 saturated heterocycles. The summed E-state index contributed by atoms with van der Waals surface area (Å²) in [5.74, 6) is 0.0337.